The van der Waals surface area contributed by atoms with E-state index in [1.165, 1.54) is 18.9 Å². The predicted molar refractivity (Wildman–Crippen MR) is 101 cm³/mol. The Morgan fingerprint density at radius 1 is 1.23 bits per heavy atom. The molecule has 0 aliphatic carbocycles. The van der Waals surface area contributed by atoms with E-state index in [1.807, 2.05) is 44.2 Å². The van der Waals surface area contributed by atoms with Gasteiger partial charge in [-0.1, -0.05) is 23.9 Å². The molecule has 26 heavy (non-hydrogen) atoms. The number of hydrogen-bond acceptors (Lipinski definition) is 6. The van der Waals surface area contributed by atoms with Crippen molar-refractivity contribution < 1.29 is 18.7 Å². The van der Waals surface area contributed by atoms with Gasteiger partial charge in [-0.2, -0.15) is 0 Å². The zero-order valence-corrected chi connectivity index (χ0v) is 15.5. The van der Waals surface area contributed by atoms with E-state index in [2.05, 4.69) is 10.3 Å². The molecule has 0 aliphatic rings. The molecule has 6 nitrogen and oxygen atoms in total. The van der Waals surface area contributed by atoms with Gasteiger partial charge in [-0.05, 0) is 49.2 Å². The third-order valence-corrected chi connectivity index (χ3v) is 4.79. The first-order valence-electron chi connectivity index (χ1n) is 7.95. The maximum Gasteiger partial charge on any atom is 0.338 e. The fraction of sp³-hybridized carbons (Fsp3) is 0.211. The average Bonchev–Trinajstić information content (AvgIpc) is 3.05. The number of fused-ring (bicyclic) bond motifs is 1. The molecule has 0 unspecified atom stereocenters. The van der Waals surface area contributed by atoms with Crippen LogP contribution in [-0.4, -0.2) is 29.7 Å². The van der Waals surface area contributed by atoms with Gasteiger partial charge in [0, 0.05) is 5.69 Å². The second kappa shape index (κ2) is 7.61. The van der Waals surface area contributed by atoms with Crippen LogP contribution in [0.15, 0.2) is 46.0 Å². The highest BCUT2D eigenvalue weighted by atomic mass is 32.2. The van der Waals surface area contributed by atoms with Crippen molar-refractivity contribution in [2.45, 2.75) is 19.1 Å². The second-order valence-electron chi connectivity index (χ2n) is 5.74. The number of oxazole rings is 1. The minimum Gasteiger partial charge on any atom is -0.465 e. The molecule has 1 aromatic heterocycles. The van der Waals surface area contributed by atoms with Crippen molar-refractivity contribution in [1.29, 1.82) is 0 Å². The normalized spacial score (nSPS) is 10.7. The summed E-state index contributed by atoms with van der Waals surface area (Å²) in [4.78, 5) is 28.4. The Hall–Kier alpha value is -2.80. The van der Waals surface area contributed by atoms with Crippen molar-refractivity contribution >= 4 is 40.4 Å². The molecule has 0 saturated carbocycles. The fourth-order valence-corrected chi connectivity index (χ4v) is 3.13. The van der Waals surface area contributed by atoms with Gasteiger partial charge < -0.3 is 14.5 Å². The summed E-state index contributed by atoms with van der Waals surface area (Å²) in [6.07, 6.45) is 0. The summed E-state index contributed by atoms with van der Waals surface area (Å²) in [6, 6.07) is 10.9. The number of carbonyl (C=O) groups is 2. The molecule has 0 aliphatic heterocycles. The molecule has 0 saturated heterocycles. The lowest BCUT2D eigenvalue weighted by Gasteiger charge is -2.11. The van der Waals surface area contributed by atoms with Crippen LogP contribution in [0.2, 0.25) is 0 Å². The summed E-state index contributed by atoms with van der Waals surface area (Å²) in [7, 11) is 1.33. The van der Waals surface area contributed by atoms with E-state index in [0.29, 0.717) is 22.1 Å². The summed E-state index contributed by atoms with van der Waals surface area (Å²) >= 11 is 1.21. The zero-order chi connectivity index (χ0) is 18.7. The summed E-state index contributed by atoms with van der Waals surface area (Å²) in [5.41, 5.74) is 4.16. The molecule has 2 aromatic carbocycles. The maximum absolute atomic E-state index is 12.2. The van der Waals surface area contributed by atoms with Gasteiger partial charge >= 0.3 is 5.97 Å². The molecular formula is C19H18N2O4S. The number of aryl methyl sites for hydroxylation is 1. The largest absolute Gasteiger partial charge is 0.465 e. The number of amides is 1. The molecule has 0 radical (unpaired) electrons. The van der Waals surface area contributed by atoms with E-state index in [1.54, 1.807) is 6.07 Å². The molecule has 1 amide bonds. The van der Waals surface area contributed by atoms with Crippen molar-refractivity contribution in [3.8, 4) is 0 Å². The Balaban J connectivity index is 1.68. The van der Waals surface area contributed by atoms with Crippen LogP contribution < -0.4 is 5.32 Å². The van der Waals surface area contributed by atoms with Crippen molar-refractivity contribution in [2.75, 3.05) is 18.2 Å². The summed E-state index contributed by atoms with van der Waals surface area (Å²) < 4.78 is 10.4. The lowest BCUT2D eigenvalue weighted by molar-refractivity contribution is -0.113. The average molecular weight is 370 g/mol. The Morgan fingerprint density at radius 2 is 2.00 bits per heavy atom. The van der Waals surface area contributed by atoms with Gasteiger partial charge in [0.15, 0.2) is 5.58 Å². The van der Waals surface area contributed by atoms with E-state index in [4.69, 9.17) is 9.15 Å². The predicted octanol–water partition coefficient (Wildman–Crippen LogP) is 3.96. The topological polar surface area (TPSA) is 81.4 Å². The van der Waals surface area contributed by atoms with Crippen LogP contribution in [0.5, 0.6) is 0 Å². The van der Waals surface area contributed by atoms with Crippen molar-refractivity contribution in [3.05, 3.63) is 53.1 Å². The summed E-state index contributed by atoms with van der Waals surface area (Å²) in [6.45, 7) is 3.72. The first kappa shape index (κ1) is 18.0. The van der Waals surface area contributed by atoms with Crippen LogP contribution in [0.1, 0.15) is 21.5 Å². The SMILES string of the molecule is COC(=O)c1cc(NC(=O)CSc2nc3ccccc3o2)cc(C)c1C. The molecular weight excluding hydrogens is 352 g/mol. The quantitative estimate of drug-likeness (QED) is 0.541. The van der Waals surface area contributed by atoms with Gasteiger partial charge in [0.05, 0.1) is 18.4 Å². The summed E-state index contributed by atoms with van der Waals surface area (Å²) in [5, 5.41) is 3.24. The van der Waals surface area contributed by atoms with E-state index in [9.17, 15) is 9.59 Å². The van der Waals surface area contributed by atoms with Crippen molar-refractivity contribution in [3.63, 3.8) is 0 Å². The fourth-order valence-electron chi connectivity index (χ4n) is 2.49. The number of benzene rings is 2. The van der Waals surface area contributed by atoms with Crippen LogP contribution in [0.3, 0.4) is 0 Å². The van der Waals surface area contributed by atoms with Gasteiger partial charge in [-0.3, -0.25) is 4.79 Å². The maximum atomic E-state index is 12.2. The highest BCUT2D eigenvalue weighted by molar-refractivity contribution is 7.99. The van der Waals surface area contributed by atoms with Crippen LogP contribution in [0, 0.1) is 13.8 Å². The zero-order valence-electron chi connectivity index (χ0n) is 14.7. The van der Waals surface area contributed by atoms with Crippen LogP contribution in [-0.2, 0) is 9.53 Å². The number of anilines is 1. The molecule has 0 bridgehead atoms. The molecule has 7 heteroatoms. The van der Waals surface area contributed by atoms with Gasteiger partial charge in [-0.15, -0.1) is 0 Å². The van der Waals surface area contributed by atoms with E-state index >= 15 is 0 Å². The molecule has 134 valence electrons. The first-order chi connectivity index (χ1) is 12.5. The van der Waals surface area contributed by atoms with Crippen LogP contribution in [0.25, 0.3) is 11.1 Å². The second-order valence-corrected chi connectivity index (χ2v) is 6.67. The third-order valence-electron chi connectivity index (χ3n) is 3.96. The van der Waals surface area contributed by atoms with Crippen molar-refractivity contribution in [1.82, 2.24) is 4.98 Å². The lowest BCUT2D eigenvalue weighted by atomic mass is 10.0. The molecule has 0 spiro atoms. The minimum absolute atomic E-state index is 0.146. The number of rotatable bonds is 5. The van der Waals surface area contributed by atoms with E-state index in [0.717, 1.165) is 16.6 Å². The summed E-state index contributed by atoms with van der Waals surface area (Å²) in [5.74, 6) is -0.494. The van der Waals surface area contributed by atoms with Gasteiger partial charge in [-0.25, -0.2) is 9.78 Å². The van der Waals surface area contributed by atoms with Crippen molar-refractivity contribution in [2.24, 2.45) is 0 Å². The van der Waals surface area contributed by atoms with Crippen LogP contribution >= 0.6 is 11.8 Å². The number of carbonyl (C=O) groups excluding carboxylic acids is 2. The minimum atomic E-state index is -0.428. The van der Waals surface area contributed by atoms with E-state index in [-0.39, 0.29) is 11.7 Å². The third kappa shape index (κ3) is 3.88. The van der Waals surface area contributed by atoms with Crippen LogP contribution in [0.4, 0.5) is 5.69 Å². The number of hydrogen-bond donors (Lipinski definition) is 1. The molecule has 3 rings (SSSR count). The molecule has 3 aromatic rings. The number of nitrogens with zero attached hydrogens (tertiary/aromatic N) is 1. The van der Waals surface area contributed by atoms with Gasteiger partial charge in [0.25, 0.3) is 5.22 Å². The Bertz CT molecular complexity index is 948. The number of methoxy groups -OCH3 is 1. The molecule has 1 heterocycles. The number of para-hydroxylation sites is 2. The Labute approximate surface area is 154 Å². The Morgan fingerprint density at radius 3 is 2.73 bits per heavy atom. The first-order valence-corrected chi connectivity index (χ1v) is 8.94. The lowest BCUT2D eigenvalue weighted by Crippen LogP contribution is -2.15. The monoisotopic (exact) mass is 370 g/mol. The molecule has 0 atom stereocenters. The van der Waals surface area contributed by atoms with Gasteiger partial charge in [0.2, 0.25) is 5.91 Å². The number of esters is 1. The number of thioether (sulfide) groups is 1. The smallest absolute Gasteiger partial charge is 0.338 e. The van der Waals surface area contributed by atoms with Gasteiger partial charge in [0.1, 0.15) is 5.52 Å². The standard InChI is InChI=1S/C19H18N2O4S/c1-11-8-13(9-14(12(11)2)18(23)24-3)20-17(22)10-26-19-21-15-6-4-5-7-16(15)25-19/h4-9H,10H2,1-3H3,(H,20,22). The molecule has 0 fully saturated rings. The molecule has 1 N–H and O–H groups in total. The van der Waals surface area contributed by atoms with E-state index < -0.39 is 5.97 Å². The number of ether oxygens (including phenoxy) is 1. The Kier molecular flexibility index (Phi) is 5.27. The number of aromatic nitrogens is 1. The highest BCUT2D eigenvalue weighted by Crippen LogP contribution is 2.24. The highest BCUT2D eigenvalue weighted by Gasteiger charge is 2.14. The number of nitrogens with one attached hydrogen (secondary N) is 1.